The second-order valence-electron chi connectivity index (χ2n) is 7.19. The van der Waals surface area contributed by atoms with E-state index in [9.17, 15) is 13.6 Å². The molecule has 0 saturated carbocycles. The van der Waals surface area contributed by atoms with Crippen LogP contribution in [0.5, 0.6) is 5.75 Å². The molecule has 3 rings (SSSR count). The Morgan fingerprint density at radius 1 is 1.03 bits per heavy atom. The number of nitrogens with one attached hydrogen (secondary N) is 2. The number of hydrogen-bond donors (Lipinski definition) is 2. The fraction of sp³-hybridized carbons (Fsp3) is 0.409. The fourth-order valence-electron chi connectivity index (χ4n) is 3.64. The van der Waals surface area contributed by atoms with E-state index in [1.165, 1.54) is 30.5 Å². The largest absolute Gasteiger partial charge is 0.435 e. The van der Waals surface area contributed by atoms with Crippen LogP contribution in [-0.4, -0.2) is 37.2 Å². The first-order chi connectivity index (χ1) is 14.0. The third-order valence-corrected chi connectivity index (χ3v) is 5.17. The van der Waals surface area contributed by atoms with Crippen molar-refractivity contribution in [3.8, 4) is 5.75 Å². The molecule has 1 aliphatic rings. The van der Waals surface area contributed by atoms with Crippen molar-refractivity contribution in [2.45, 2.75) is 38.5 Å². The summed E-state index contributed by atoms with van der Waals surface area (Å²) in [5, 5.41) is 5.88. The van der Waals surface area contributed by atoms with E-state index in [-0.39, 0.29) is 23.9 Å². The summed E-state index contributed by atoms with van der Waals surface area (Å²) in [5.74, 6) is 0.0942. The molecule has 2 N–H and O–H groups in total. The van der Waals surface area contributed by atoms with Crippen molar-refractivity contribution in [2.75, 3.05) is 19.6 Å². The van der Waals surface area contributed by atoms with E-state index in [1.807, 2.05) is 25.1 Å². The number of likely N-dealkylation sites (tertiary alicyclic amines) is 1. The molecule has 2 atom stereocenters. The Kier molecular flexibility index (Phi) is 7.41. The van der Waals surface area contributed by atoms with Gasteiger partial charge in [0.25, 0.3) is 0 Å². The van der Waals surface area contributed by atoms with E-state index >= 15 is 0 Å². The molecule has 1 saturated heterocycles. The summed E-state index contributed by atoms with van der Waals surface area (Å²) in [6.45, 7) is 1.58. The number of ether oxygens (including phenoxy) is 1. The van der Waals surface area contributed by atoms with Crippen molar-refractivity contribution in [1.29, 1.82) is 0 Å². The lowest BCUT2D eigenvalue weighted by Crippen LogP contribution is -2.42. The van der Waals surface area contributed by atoms with Crippen LogP contribution in [0.4, 0.5) is 13.6 Å². The topological polar surface area (TPSA) is 53.6 Å². The predicted octanol–water partition coefficient (Wildman–Crippen LogP) is 4.49. The molecule has 1 heterocycles. The van der Waals surface area contributed by atoms with Crippen molar-refractivity contribution >= 4 is 6.03 Å². The highest BCUT2D eigenvalue weighted by Crippen LogP contribution is 2.24. The molecular formula is C22H27F2N3O2. The minimum Gasteiger partial charge on any atom is -0.435 e. The van der Waals surface area contributed by atoms with Crippen LogP contribution in [0.15, 0.2) is 54.6 Å². The summed E-state index contributed by atoms with van der Waals surface area (Å²) in [6, 6.07) is 16.1. The quantitative estimate of drug-likeness (QED) is 0.683. The van der Waals surface area contributed by atoms with Gasteiger partial charge in [0.2, 0.25) is 0 Å². The molecule has 2 amide bonds. The van der Waals surface area contributed by atoms with E-state index in [4.69, 9.17) is 0 Å². The van der Waals surface area contributed by atoms with Crippen LogP contribution in [0.1, 0.15) is 43.0 Å². The summed E-state index contributed by atoms with van der Waals surface area (Å²) in [4.78, 5) is 14.8. The van der Waals surface area contributed by atoms with Crippen molar-refractivity contribution in [2.24, 2.45) is 0 Å². The maximum absolute atomic E-state index is 12.4. The highest BCUT2D eigenvalue weighted by molar-refractivity contribution is 5.74. The number of nitrogens with zero attached hydrogens (tertiary/aromatic N) is 1. The molecule has 2 aromatic rings. The van der Waals surface area contributed by atoms with Crippen LogP contribution < -0.4 is 15.4 Å². The van der Waals surface area contributed by atoms with Gasteiger partial charge in [0, 0.05) is 6.54 Å². The first kappa shape index (κ1) is 21.0. The molecule has 0 radical (unpaired) electrons. The number of carbonyl (C=O) groups is 1. The average Bonchev–Trinajstić information content (AvgIpc) is 3.23. The summed E-state index contributed by atoms with van der Waals surface area (Å²) >= 11 is 0. The maximum Gasteiger partial charge on any atom is 0.387 e. The van der Waals surface area contributed by atoms with Crippen LogP contribution in [0.2, 0.25) is 0 Å². The molecule has 2 aromatic carbocycles. The average molecular weight is 403 g/mol. The standard InChI is InChI=1S/C22H27F2N3O2/c1-16(17-9-11-19(12-10-17)29-21(23)24)26-22(28)25-15-20(27-13-5-6-14-27)18-7-3-2-4-8-18/h2-4,7-12,16,20-21H,5-6,13-15H2,1H3,(H2,25,26,28). The van der Waals surface area contributed by atoms with Gasteiger partial charge in [-0.25, -0.2) is 4.79 Å². The molecule has 1 fully saturated rings. The molecule has 0 spiro atoms. The number of urea groups is 1. The number of halogens is 2. The second-order valence-corrected chi connectivity index (χ2v) is 7.19. The zero-order valence-electron chi connectivity index (χ0n) is 16.5. The number of amides is 2. The van der Waals surface area contributed by atoms with Gasteiger partial charge in [-0.3, -0.25) is 4.90 Å². The molecule has 0 aliphatic carbocycles. The van der Waals surface area contributed by atoms with Gasteiger partial charge in [-0.15, -0.1) is 0 Å². The Hall–Kier alpha value is -2.67. The van der Waals surface area contributed by atoms with Crippen LogP contribution in [-0.2, 0) is 0 Å². The summed E-state index contributed by atoms with van der Waals surface area (Å²) < 4.78 is 28.8. The highest BCUT2D eigenvalue weighted by atomic mass is 19.3. The van der Waals surface area contributed by atoms with Gasteiger partial charge < -0.3 is 15.4 Å². The number of carbonyl (C=O) groups excluding carboxylic acids is 1. The molecular weight excluding hydrogens is 376 g/mol. The Bertz CT molecular complexity index is 765. The fourth-order valence-corrected chi connectivity index (χ4v) is 3.64. The molecule has 5 nitrogen and oxygen atoms in total. The molecule has 0 bridgehead atoms. The Labute approximate surface area is 170 Å². The van der Waals surface area contributed by atoms with Gasteiger partial charge >= 0.3 is 12.6 Å². The third-order valence-electron chi connectivity index (χ3n) is 5.17. The lowest BCUT2D eigenvalue weighted by molar-refractivity contribution is -0.0498. The molecule has 0 aromatic heterocycles. The van der Waals surface area contributed by atoms with Crippen LogP contribution in [0, 0.1) is 0 Å². The van der Waals surface area contributed by atoms with E-state index in [0.717, 1.165) is 18.7 Å². The minimum absolute atomic E-state index is 0.0942. The molecule has 1 aliphatic heterocycles. The first-order valence-electron chi connectivity index (χ1n) is 9.91. The smallest absolute Gasteiger partial charge is 0.387 e. The van der Waals surface area contributed by atoms with Gasteiger partial charge in [-0.05, 0) is 56.1 Å². The van der Waals surface area contributed by atoms with Crippen molar-refractivity contribution in [3.63, 3.8) is 0 Å². The van der Waals surface area contributed by atoms with Crippen molar-refractivity contribution < 1.29 is 18.3 Å². The Balaban J connectivity index is 1.54. The number of rotatable bonds is 8. The van der Waals surface area contributed by atoms with Gasteiger partial charge in [0.1, 0.15) is 5.75 Å². The third kappa shape index (κ3) is 6.15. The zero-order chi connectivity index (χ0) is 20.6. The monoisotopic (exact) mass is 403 g/mol. The summed E-state index contributed by atoms with van der Waals surface area (Å²) in [5.41, 5.74) is 2.00. The zero-order valence-corrected chi connectivity index (χ0v) is 16.5. The molecule has 7 heteroatoms. The number of benzene rings is 2. The summed E-state index contributed by atoms with van der Waals surface area (Å²) in [7, 11) is 0. The van der Waals surface area contributed by atoms with Crippen LogP contribution in [0.25, 0.3) is 0 Å². The molecule has 2 unspecified atom stereocenters. The Morgan fingerprint density at radius 3 is 2.31 bits per heavy atom. The lowest BCUT2D eigenvalue weighted by Gasteiger charge is -2.28. The van der Waals surface area contributed by atoms with E-state index in [0.29, 0.717) is 6.54 Å². The van der Waals surface area contributed by atoms with Gasteiger partial charge in [0.15, 0.2) is 0 Å². The van der Waals surface area contributed by atoms with Crippen molar-refractivity contribution in [3.05, 3.63) is 65.7 Å². The Morgan fingerprint density at radius 2 is 1.69 bits per heavy atom. The molecule has 29 heavy (non-hydrogen) atoms. The number of hydrogen-bond acceptors (Lipinski definition) is 3. The van der Waals surface area contributed by atoms with Gasteiger partial charge in [-0.1, -0.05) is 42.5 Å². The highest BCUT2D eigenvalue weighted by Gasteiger charge is 2.24. The van der Waals surface area contributed by atoms with E-state index < -0.39 is 6.61 Å². The van der Waals surface area contributed by atoms with Gasteiger partial charge in [0.05, 0.1) is 12.1 Å². The van der Waals surface area contributed by atoms with Gasteiger partial charge in [-0.2, -0.15) is 8.78 Å². The van der Waals surface area contributed by atoms with E-state index in [2.05, 4.69) is 32.4 Å². The molecule has 156 valence electrons. The van der Waals surface area contributed by atoms with Crippen LogP contribution in [0.3, 0.4) is 0 Å². The summed E-state index contributed by atoms with van der Waals surface area (Å²) in [6.07, 6.45) is 2.36. The van der Waals surface area contributed by atoms with E-state index in [1.54, 1.807) is 12.1 Å². The number of alkyl halides is 2. The normalized spacial score (nSPS) is 16.4. The van der Waals surface area contributed by atoms with Crippen molar-refractivity contribution in [1.82, 2.24) is 15.5 Å². The maximum atomic E-state index is 12.4. The van der Waals surface area contributed by atoms with Crippen LogP contribution >= 0.6 is 0 Å². The first-order valence-corrected chi connectivity index (χ1v) is 9.91. The lowest BCUT2D eigenvalue weighted by atomic mass is 10.1. The predicted molar refractivity (Wildman–Crippen MR) is 108 cm³/mol. The second kappa shape index (κ2) is 10.2. The minimum atomic E-state index is -2.85. The SMILES string of the molecule is CC(NC(=O)NCC(c1ccccc1)N1CCCC1)c1ccc(OC(F)F)cc1.